The number of fused-ring (bicyclic) bond motifs is 1. The Morgan fingerprint density at radius 1 is 1.33 bits per heavy atom. The molecular weight excluding hydrogens is 208 g/mol. The molecule has 0 radical (unpaired) electrons. The summed E-state index contributed by atoms with van der Waals surface area (Å²) < 4.78 is 50.6. The molecule has 0 N–H and O–H groups in total. The van der Waals surface area contributed by atoms with Crippen molar-refractivity contribution in [2.75, 3.05) is 0 Å². The molecule has 4 atom stereocenters. The Kier molecular flexibility index (Phi) is 2.40. The molecular formula is C11H12F4. The van der Waals surface area contributed by atoms with Crippen LogP contribution in [0.25, 0.3) is 0 Å². The summed E-state index contributed by atoms with van der Waals surface area (Å²) in [5, 5.41) is 0. The highest BCUT2D eigenvalue weighted by atomic mass is 19.4. The predicted molar refractivity (Wildman–Crippen MR) is 48.6 cm³/mol. The molecule has 84 valence electrons. The van der Waals surface area contributed by atoms with Gasteiger partial charge in [0.2, 0.25) is 0 Å². The lowest BCUT2D eigenvalue weighted by atomic mass is 9.98. The van der Waals surface area contributed by atoms with Gasteiger partial charge in [0, 0.05) is 0 Å². The summed E-state index contributed by atoms with van der Waals surface area (Å²) in [5.41, 5.74) is 0. The van der Waals surface area contributed by atoms with Gasteiger partial charge in [0.15, 0.2) is 0 Å². The second kappa shape index (κ2) is 3.35. The van der Waals surface area contributed by atoms with Crippen LogP contribution in [0.1, 0.15) is 13.3 Å². The highest BCUT2D eigenvalue weighted by molar-refractivity contribution is 5.25. The number of hydrogen-bond donors (Lipinski definition) is 0. The highest BCUT2D eigenvalue weighted by Gasteiger charge is 2.64. The van der Waals surface area contributed by atoms with E-state index >= 15 is 0 Å². The van der Waals surface area contributed by atoms with Crippen molar-refractivity contribution in [3.8, 4) is 0 Å². The first kappa shape index (κ1) is 10.7. The van der Waals surface area contributed by atoms with Gasteiger partial charge in [-0.1, -0.05) is 13.0 Å². The lowest BCUT2D eigenvalue weighted by molar-refractivity contribution is -0.153. The van der Waals surface area contributed by atoms with Crippen LogP contribution in [0.5, 0.6) is 0 Å². The van der Waals surface area contributed by atoms with Gasteiger partial charge in [-0.05, 0) is 36.3 Å². The van der Waals surface area contributed by atoms with E-state index in [0.717, 1.165) is 0 Å². The molecule has 0 nitrogen and oxygen atoms in total. The van der Waals surface area contributed by atoms with Crippen molar-refractivity contribution in [1.82, 2.24) is 0 Å². The van der Waals surface area contributed by atoms with Crippen LogP contribution in [0.4, 0.5) is 17.6 Å². The van der Waals surface area contributed by atoms with Gasteiger partial charge < -0.3 is 0 Å². The molecule has 0 aromatic heterocycles. The zero-order valence-electron chi connectivity index (χ0n) is 8.26. The van der Waals surface area contributed by atoms with Crippen molar-refractivity contribution in [3.05, 3.63) is 24.1 Å². The molecule has 4 heteroatoms. The molecule has 0 amide bonds. The van der Waals surface area contributed by atoms with Crippen LogP contribution in [0.3, 0.4) is 0 Å². The van der Waals surface area contributed by atoms with E-state index in [1.807, 2.05) is 0 Å². The zero-order chi connectivity index (χ0) is 11.2. The van der Waals surface area contributed by atoms with E-state index in [1.54, 1.807) is 6.92 Å². The van der Waals surface area contributed by atoms with E-state index in [2.05, 4.69) is 0 Å². The second-order valence-electron chi connectivity index (χ2n) is 4.20. The standard InChI is InChI=1S/C11H12F4/c1-2-6-5-7(12)3-4-8-9(6)10(8)11(13,14)15/h3-6,8-10H,2H2,1H3/t6-,8+,9+,10-/m0/s1. The lowest BCUT2D eigenvalue weighted by Gasteiger charge is -2.11. The van der Waals surface area contributed by atoms with Gasteiger partial charge >= 0.3 is 6.18 Å². The van der Waals surface area contributed by atoms with Crippen LogP contribution in [-0.2, 0) is 0 Å². The normalized spacial score (nSPS) is 39.4. The van der Waals surface area contributed by atoms with E-state index in [9.17, 15) is 17.6 Å². The van der Waals surface area contributed by atoms with E-state index < -0.39 is 29.8 Å². The predicted octanol–water partition coefficient (Wildman–Crippen LogP) is 3.86. The quantitative estimate of drug-likeness (QED) is 0.588. The first-order chi connectivity index (χ1) is 6.95. The van der Waals surface area contributed by atoms with Crippen LogP contribution in [0.2, 0.25) is 0 Å². The van der Waals surface area contributed by atoms with Gasteiger partial charge in [-0.3, -0.25) is 0 Å². The number of rotatable bonds is 1. The molecule has 2 rings (SSSR count). The number of halogens is 4. The average Bonchev–Trinajstić information content (AvgIpc) is 2.83. The monoisotopic (exact) mass is 220 g/mol. The summed E-state index contributed by atoms with van der Waals surface area (Å²) in [4.78, 5) is 0. The van der Waals surface area contributed by atoms with Crippen molar-refractivity contribution >= 4 is 0 Å². The Bertz CT molecular complexity index is 313. The van der Waals surface area contributed by atoms with Gasteiger partial charge in [0.05, 0.1) is 5.92 Å². The number of allylic oxidation sites excluding steroid dienone is 4. The van der Waals surface area contributed by atoms with E-state index in [-0.39, 0.29) is 5.92 Å². The molecule has 0 spiro atoms. The minimum Gasteiger partial charge on any atom is -0.207 e. The summed E-state index contributed by atoms with van der Waals surface area (Å²) in [5.74, 6) is -2.91. The number of hydrogen-bond acceptors (Lipinski definition) is 0. The molecule has 0 aliphatic heterocycles. The second-order valence-corrected chi connectivity index (χ2v) is 4.20. The maximum Gasteiger partial charge on any atom is 0.392 e. The average molecular weight is 220 g/mol. The zero-order valence-corrected chi connectivity index (χ0v) is 8.26. The molecule has 0 aromatic carbocycles. The minimum absolute atomic E-state index is 0.281. The fourth-order valence-corrected chi connectivity index (χ4v) is 2.56. The van der Waals surface area contributed by atoms with E-state index in [4.69, 9.17) is 0 Å². The van der Waals surface area contributed by atoms with Crippen molar-refractivity contribution in [3.63, 3.8) is 0 Å². The molecule has 0 heterocycles. The van der Waals surface area contributed by atoms with Crippen LogP contribution in [0.15, 0.2) is 24.1 Å². The summed E-state index contributed by atoms with van der Waals surface area (Å²) in [6, 6.07) is 0. The van der Waals surface area contributed by atoms with Crippen molar-refractivity contribution in [2.24, 2.45) is 23.7 Å². The molecule has 0 aromatic rings. The van der Waals surface area contributed by atoms with Crippen molar-refractivity contribution in [1.29, 1.82) is 0 Å². The Morgan fingerprint density at radius 2 is 2.00 bits per heavy atom. The lowest BCUT2D eigenvalue weighted by Crippen LogP contribution is -2.15. The van der Waals surface area contributed by atoms with Gasteiger partial charge in [0.25, 0.3) is 0 Å². The molecule has 2 aliphatic rings. The fourth-order valence-electron chi connectivity index (χ4n) is 2.56. The molecule has 1 fully saturated rings. The third-order valence-corrected chi connectivity index (χ3v) is 3.33. The van der Waals surface area contributed by atoms with Crippen LogP contribution in [0, 0.1) is 23.7 Å². The van der Waals surface area contributed by atoms with Gasteiger partial charge in [-0.2, -0.15) is 13.2 Å². The SMILES string of the molecule is CC[C@H]1C=C(F)C=C[C@@H]2[C@@H]1[C@H]2C(F)(F)F. The van der Waals surface area contributed by atoms with Crippen LogP contribution in [-0.4, -0.2) is 6.18 Å². The molecule has 15 heavy (non-hydrogen) atoms. The summed E-state index contributed by atoms with van der Waals surface area (Å²) in [6.07, 6.45) is 0.272. The van der Waals surface area contributed by atoms with Gasteiger partial charge in [0.1, 0.15) is 5.83 Å². The van der Waals surface area contributed by atoms with E-state index in [0.29, 0.717) is 6.42 Å². The maximum absolute atomic E-state index is 13.0. The smallest absolute Gasteiger partial charge is 0.207 e. The van der Waals surface area contributed by atoms with Crippen LogP contribution < -0.4 is 0 Å². The Morgan fingerprint density at radius 3 is 2.53 bits per heavy atom. The maximum atomic E-state index is 13.0. The Hall–Kier alpha value is -0.800. The van der Waals surface area contributed by atoms with Crippen LogP contribution >= 0.6 is 0 Å². The number of alkyl halides is 3. The topological polar surface area (TPSA) is 0 Å². The molecule has 0 saturated heterocycles. The first-order valence-corrected chi connectivity index (χ1v) is 5.07. The Labute approximate surface area is 85.7 Å². The third kappa shape index (κ3) is 1.82. The highest BCUT2D eigenvalue weighted by Crippen LogP contribution is 2.61. The van der Waals surface area contributed by atoms with E-state index in [1.165, 1.54) is 18.2 Å². The molecule has 0 unspecified atom stereocenters. The summed E-state index contributed by atoms with van der Waals surface area (Å²) in [7, 11) is 0. The molecule has 2 aliphatic carbocycles. The largest absolute Gasteiger partial charge is 0.392 e. The first-order valence-electron chi connectivity index (χ1n) is 5.07. The minimum atomic E-state index is -4.14. The van der Waals surface area contributed by atoms with Gasteiger partial charge in [-0.25, -0.2) is 4.39 Å². The Balaban J connectivity index is 2.20. The van der Waals surface area contributed by atoms with Crippen molar-refractivity contribution < 1.29 is 17.6 Å². The fraction of sp³-hybridized carbons (Fsp3) is 0.636. The molecule has 0 bridgehead atoms. The summed E-state index contributed by atoms with van der Waals surface area (Å²) >= 11 is 0. The van der Waals surface area contributed by atoms with Crippen molar-refractivity contribution in [2.45, 2.75) is 19.5 Å². The third-order valence-electron chi connectivity index (χ3n) is 3.33. The molecule has 1 saturated carbocycles. The summed E-state index contributed by atoms with van der Waals surface area (Å²) in [6.45, 7) is 1.79. The van der Waals surface area contributed by atoms with Gasteiger partial charge in [-0.15, -0.1) is 0 Å².